The molecule has 2 heterocycles. The SMILES string of the molecule is COc1cc2sc(C(=O)CCC(=O)O)c(C)c2c2cc(C)oc12. The number of Topliss-reactive ketones (excluding diaryl/α,β-unsaturated/α-hetero) is 1. The Kier molecular flexibility index (Phi) is 3.85. The Morgan fingerprint density at radius 3 is 2.65 bits per heavy atom. The molecule has 0 aliphatic carbocycles. The second kappa shape index (κ2) is 5.70. The van der Waals surface area contributed by atoms with Crippen molar-refractivity contribution in [3.63, 3.8) is 0 Å². The van der Waals surface area contributed by atoms with E-state index in [9.17, 15) is 9.59 Å². The van der Waals surface area contributed by atoms with Crippen LogP contribution in [0.15, 0.2) is 16.5 Å². The zero-order valence-electron chi connectivity index (χ0n) is 13.1. The van der Waals surface area contributed by atoms with Gasteiger partial charge in [0.05, 0.1) is 18.4 Å². The van der Waals surface area contributed by atoms with Crippen LogP contribution in [-0.4, -0.2) is 24.0 Å². The number of carbonyl (C=O) groups excluding carboxylic acids is 1. The number of fused-ring (bicyclic) bond motifs is 3. The normalized spacial score (nSPS) is 11.3. The molecule has 0 amide bonds. The number of carboxylic acid groups (broad SMARTS) is 1. The van der Waals surface area contributed by atoms with Crippen molar-refractivity contribution >= 4 is 44.1 Å². The molecule has 0 bridgehead atoms. The van der Waals surface area contributed by atoms with Crippen LogP contribution in [0.4, 0.5) is 0 Å². The molecule has 0 aliphatic rings. The number of ketones is 1. The zero-order valence-corrected chi connectivity index (χ0v) is 13.9. The fourth-order valence-corrected chi connectivity index (χ4v) is 4.01. The molecule has 2 aromatic heterocycles. The number of hydrogen-bond donors (Lipinski definition) is 1. The summed E-state index contributed by atoms with van der Waals surface area (Å²) in [4.78, 5) is 23.6. The van der Waals surface area contributed by atoms with Crippen molar-refractivity contribution in [1.82, 2.24) is 0 Å². The number of ether oxygens (including phenoxy) is 1. The number of carbonyl (C=O) groups is 2. The maximum absolute atomic E-state index is 12.3. The molecule has 0 unspecified atom stereocenters. The van der Waals surface area contributed by atoms with Crippen LogP contribution in [-0.2, 0) is 4.79 Å². The summed E-state index contributed by atoms with van der Waals surface area (Å²) >= 11 is 1.37. The highest BCUT2D eigenvalue weighted by Gasteiger charge is 2.21. The van der Waals surface area contributed by atoms with Crippen molar-refractivity contribution in [2.45, 2.75) is 26.7 Å². The molecular weight excluding hydrogens is 316 g/mol. The monoisotopic (exact) mass is 332 g/mol. The Labute approximate surface area is 136 Å². The Hall–Kier alpha value is -2.34. The molecule has 0 spiro atoms. The summed E-state index contributed by atoms with van der Waals surface area (Å²) in [5, 5.41) is 10.6. The van der Waals surface area contributed by atoms with Gasteiger partial charge in [-0.25, -0.2) is 0 Å². The van der Waals surface area contributed by atoms with Gasteiger partial charge in [0.25, 0.3) is 0 Å². The molecule has 0 saturated heterocycles. The Morgan fingerprint density at radius 1 is 1.26 bits per heavy atom. The van der Waals surface area contributed by atoms with E-state index in [1.165, 1.54) is 11.3 Å². The minimum absolute atomic E-state index is 0.00763. The van der Waals surface area contributed by atoms with Crippen LogP contribution in [0.25, 0.3) is 21.1 Å². The van der Waals surface area contributed by atoms with Crippen molar-refractivity contribution in [3.8, 4) is 5.75 Å². The van der Waals surface area contributed by atoms with Gasteiger partial charge in [-0.3, -0.25) is 9.59 Å². The van der Waals surface area contributed by atoms with E-state index in [1.807, 2.05) is 26.0 Å². The zero-order chi connectivity index (χ0) is 16.7. The smallest absolute Gasteiger partial charge is 0.303 e. The van der Waals surface area contributed by atoms with Crippen molar-refractivity contribution in [3.05, 3.63) is 28.3 Å². The predicted octanol–water partition coefficient (Wildman–Crippen LogP) is 4.32. The maximum Gasteiger partial charge on any atom is 0.303 e. The number of rotatable bonds is 5. The van der Waals surface area contributed by atoms with Crippen LogP contribution in [0.5, 0.6) is 5.75 Å². The summed E-state index contributed by atoms with van der Waals surface area (Å²) in [7, 11) is 1.58. The molecule has 0 aliphatic heterocycles. The van der Waals surface area contributed by atoms with Crippen LogP contribution in [0.1, 0.15) is 33.8 Å². The highest BCUT2D eigenvalue weighted by Crippen LogP contribution is 2.42. The largest absolute Gasteiger partial charge is 0.493 e. The minimum atomic E-state index is -0.966. The Morgan fingerprint density at radius 2 is 2.00 bits per heavy atom. The number of carboxylic acids is 1. The topological polar surface area (TPSA) is 76.7 Å². The molecule has 5 nitrogen and oxygen atoms in total. The number of hydrogen-bond acceptors (Lipinski definition) is 5. The second-order valence-electron chi connectivity index (χ2n) is 5.42. The van der Waals surface area contributed by atoms with Gasteiger partial charge < -0.3 is 14.3 Å². The van der Waals surface area contributed by atoms with Crippen molar-refractivity contribution < 1.29 is 23.8 Å². The van der Waals surface area contributed by atoms with Gasteiger partial charge in [-0.15, -0.1) is 11.3 Å². The highest BCUT2D eigenvalue weighted by molar-refractivity contribution is 7.21. The van der Waals surface area contributed by atoms with Crippen LogP contribution in [0.3, 0.4) is 0 Å². The van der Waals surface area contributed by atoms with E-state index < -0.39 is 5.97 Å². The standard InChI is InChI=1S/C17H16O5S/c1-8-6-10-15-9(2)17(11(18)4-5-14(19)20)23-13(15)7-12(21-3)16(10)22-8/h6-7H,4-5H2,1-3H3,(H,19,20). The Balaban J connectivity index is 2.20. The maximum atomic E-state index is 12.3. The molecule has 6 heteroatoms. The lowest BCUT2D eigenvalue weighted by Crippen LogP contribution is -2.03. The molecule has 1 aromatic carbocycles. The molecule has 0 atom stereocenters. The third-order valence-corrected chi connectivity index (χ3v) is 5.10. The minimum Gasteiger partial charge on any atom is -0.493 e. The number of methoxy groups -OCH3 is 1. The van der Waals surface area contributed by atoms with Gasteiger partial charge in [0.15, 0.2) is 17.1 Å². The average Bonchev–Trinajstić information content (AvgIpc) is 3.03. The number of benzene rings is 1. The van der Waals surface area contributed by atoms with Crippen molar-refractivity contribution in [2.24, 2.45) is 0 Å². The predicted molar refractivity (Wildman–Crippen MR) is 88.8 cm³/mol. The van der Waals surface area contributed by atoms with E-state index in [4.69, 9.17) is 14.3 Å². The van der Waals surface area contributed by atoms with Gasteiger partial charge in [-0.2, -0.15) is 0 Å². The molecular formula is C17H16O5S. The lowest BCUT2D eigenvalue weighted by molar-refractivity contribution is -0.136. The van der Waals surface area contributed by atoms with Gasteiger partial charge in [-0.1, -0.05) is 0 Å². The first-order valence-electron chi connectivity index (χ1n) is 7.17. The summed E-state index contributed by atoms with van der Waals surface area (Å²) in [6, 6.07) is 3.80. The van der Waals surface area contributed by atoms with E-state index in [-0.39, 0.29) is 18.6 Å². The van der Waals surface area contributed by atoms with Crippen molar-refractivity contribution in [1.29, 1.82) is 0 Å². The fraction of sp³-hybridized carbons (Fsp3) is 0.294. The number of thiophene rings is 1. The summed E-state index contributed by atoms with van der Waals surface area (Å²) in [6.07, 6.45) is -0.149. The molecule has 0 fully saturated rings. The van der Waals surface area contributed by atoms with Crippen LogP contribution in [0.2, 0.25) is 0 Å². The lowest BCUT2D eigenvalue weighted by Gasteiger charge is -2.02. The van der Waals surface area contributed by atoms with E-state index in [2.05, 4.69) is 0 Å². The van der Waals surface area contributed by atoms with Gasteiger partial charge >= 0.3 is 5.97 Å². The van der Waals surface area contributed by atoms with E-state index in [1.54, 1.807) is 7.11 Å². The quantitative estimate of drug-likeness (QED) is 0.704. The van der Waals surface area contributed by atoms with E-state index in [0.29, 0.717) is 16.2 Å². The average molecular weight is 332 g/mol. The van der Waals surface area contributed by atoms with Gasteiger partial charge in [0, 0.05) is 28.0 Å². The molecule has 3 rings (SSSR count). The summed E-state index contributed by atoms with van der Waals surface area (Å²) in [5.74, 6) is 0.298. The molecule has 1 N–H and O–H groups in total. The van der Waals surface area contributed by atoms with Crippen molar-refractivity contribution in [2.75, 3.05) is 7.11 Å². The first-order chi connectivity index (χ1) is 10.9. The third kappa shape index (κ3) is 2.59. The number of aliphatic carboxylic acids is 1. The van der Waals surface area contributed by atoms with Crippen LogP contribution < -0.4 is 4.74 Å². The molecule has 3 aromatic rings. The number of furan rings is 1. The first kappa shape index (κ1) is 15.6. The third-order valence-electron chi connectivity index (χ3n) is 3.82. The molecule has 0 saturated carbocycles. The van der Waals surface area contributed by atoms with Crippen LogP contribution >= 0.6 is 11.3 Å². The molecule has 120 valence electrons. The molecule has 23 heavy (non-hydrogen) atoms. The van der Waals surface area contributed by atoms with E-state index >= 15 is 0 Å². The summed E-state index contributed by atoms with van der Waals surface area (Å²) < 4.78 is 12.0. The highest BCUT2D eigenvalue weighted by atomic mass is 32.1. The lowest BCUT2D eigenvalue weighted by atomic mass is 10.0. The first-order valence-corrected chi connectivity index (χ1v) is 7.99. The number of aryl methyl sites for hydroxylation is 2. The molecule has 0 radical (unpaired) electrons. The van der Waals surface area contributed by atoms with Crippen LogP contribution in [0, 0.1) is 13.8 Å². The van der Waals surface area contributed by atoms with Gasteiger partial charge in [-0.05, 0) is 25.5 Å². The Bertz CT molecular complexity index is 932. The fourth-order valence-electron chi connectivity index (χ4n) is 2.79. The van der Waals surface area contributed by atoms with E-state index in [0.717, 1.165) is 26.8 Å². The van der Waals surface area contributed by atoms with Gasteiger partial charge in [0.2, 0.25) is 0 Å². The second-order valence-corrected chi connectivity index (χ2v) is 6.48. The summed E-state index contributed by atoms with van der Waals surface area (Å²) in [6.45, 7) is 3.76. The van der Waals surface area contributed by atoms with Gasteiger partial charge in [0.1, 0.15) is 5.76 Å². The summed E-state index contributed by atoms with van der Waals surface area (Å²) in [5.41, 5.74) is 1.54.